The van der Waals surface area contributed by atoms with Crippen LogP contribution < -0.4 is 5.32 Å². The summed E-state index contributed by atoms with van der Waals surface area (Å²) in [7, 11) is 1.82. The summed E-state index contributed by atoms with van der Waals surface area (Å²) in [4.78, 5) is 13.1. The van der Waals surface area contributed by atoms with Gasteiger partial charge in [-0.25, -0.2) is 0 Å². The van der Waals surface area contributed by atoms with Crippen LogP contribution >= 0.6 is 11.8 Å². The second kappa shape index (κ2) is 8.91. The first-order valence-corrected chi connectivity index (χ1v) is 10.1. The normalized spacial score (nSPS) is 12.8. The molecule has 1 amide bonds. The number of rotatable bonds is 6. The van der Waals surface area contributed by atoms with Crippen LogP contribution in [0, 0.1) is 0 Å². The van der Waals surface area contributed by atoms with Crippen LogP contribution in [-0.2, 0) is 18.0 Å². The van der Waals surface area contributed by atoms with Crippen molar-refractivity contribution in [2.75, 3.05) is 5.32 Å². The van der Waals surface area contributed by atoms with Gasteiger partial charge in [0, 0.05) is 18.7 Å². The van der Waals surface area contributed by atoms with Crippen LogP contribution in [0.4, 0.5) is 18.9 Å². The van der Waals surface area contributed by atoms with E-state index in [4.69, 9.17) is 0 Å². The van der Waals surface area contributed by atoms with Crippen molar-refractivity contribution in [3.8, 4) is 0 Å². The van der Waals surface area contributed by atoms with Crippen LogP contribution in [0.3, 0.4) is 0 Å². The fourth-order valence-electron chi connectivity index (χ4n) is 2.92. The molecular formula is C21H21F3N4OS. The van der Waals surface area contributed by atoms with E-state index in [-0.39, 0.29) is 11.6 Å². The number of aromatic nitrogens is 3. The van der Waals surface area contributed by atoms with Crippen molar-refractivity contribution < 1.29 is 18.0 Å². The molecule has 0 saturated heterocycles. The number of carbonyl (C=O) groups is 1. The van der Waals surface area contributed by atoms with Crippen LogP contribution in [0.1, 0.15) is 42.0 Å². The highest BCUT2D eigenvalue weighted by Crippen LogP contribution is 2.36. The second-order valence-electron chi connectivity index (χ2n) is 7.03. The highest BCUT2D eigenvalue weighted by Gasteiger charge is 2.31. The predicted octanol–water partition coefficient (Wildman–Crippen LogP) is 5.43. The smallest absolute Gasteiger partial charge is 0.325 e. The summed E-state index contributed by atoms with van der Waals surface area (Å²) in [5.74, 6) is 0.494. The Morgan fingerprint density at radius 2 is 1.77 bits per heavy atom. The van der Waals surface area contributed by atoms with Gasteiger partial charge in [-0.15, -0.1) is 10.2 Å². The summed E-state index contributed by atoms with van der Waals surface area (Å²) in [6.45, 7) is 3.99. The molecule has 5 nitrogen and oxygen atoms in total. The molecule has 1 unspecified atom stereocenters. The molecule has 158 valence electrons. The SMILES string of the molecule is CC(C)c1nnc(SC(C(=O)Nc2cccc(C(F)(F)F)c2)c2ccccc2)n1C. The van der Waals surface area contributed by atoms with Gasteiger partial charge in [0.1, 0.15) is 11.1 Å². The number of halogens is 3. The molecule has 1 atom stereocenters. The topological polar surface area (TPSA) is 59.8 Å². The van der Waals surface area contributed by atoms with Crippen LogP contribution in [0.2, 0.25) is 0 Å². The minimum atomic E-state index is -4.49. The van der Waals surface area contributed by atoms with E-state index in [1.54, 1.807) is 24.3 Å². The Hall–Kier alpha value is -2.81. The van der Waals surface area contributed by atoms with Crippen molar-refractivity contribution in [1.82, 2.24) is 14.8 Å². The van der Waals surface area contributed by atoms with Gasteiger partial charge in [0.15, 0.2) is 5.16 Å². The number of thioether (sulfide) groups is 1. The fourth-order valence-corrected chi connectivity index (χ4v) is 3.93. The molecule has 3 aromatic rings. The molecule has 2 aromatic carbocycles. The maximum absolute atomic E-state index is 13.1. The molecule has 1 N–H and O–H groups in total. The third-order valence-electron chi connectivity index (χ3n) is 4.41. The number of nitrogens with zero attached hydrogens (tertiary/aromatic N) is 3. The zero-order chi connectivity index (χ0) is 21.9. The molecule has 0 aliphatic heterocycles. The van der Waals surface area contributed by atoms with Crippen molar-refractivity contribution in [1.29, 1.82) is 0 Å². The largest absolute Gasteiger partial charge is 0.416 e. The fraction of sp³-hybridized carbons (Fsp3) is 0.286. The highest BCUT2D eigenvalue weighted by atomic mass is 32.2. The Labute approximate surface area is 176 Å². The number of carbonyl (C=O) groups excluding carboxylic acids is 1. The molecule has 0 radical (unpaired) electrons. The first-order chi connectivity index (χ1) is 14.2. The van der Waals surface area contributed by atoms with Gasteiger partial charge in [-0.3, -0.25) is 4.79 Å². The first kappa shape index (κ1) is 21.9. The lowest BCUT2D eigenvalue weighted by Gasteiger charge is -2.17. The van der Waals surface area contributed by atoms with E-state index in [1.165, 1.54) is 23.9 Å². The Morgan fingerprint density at radius 1 is 1.07 bits per heavy atom. The number of hydrogen-bond acceptors (Lipinski definition) is 4. The van der Waals surface area contributed by atoms with Crippen LogP contribution in [0.25, 0.3) is 0 Å². The molecule has 0 aliphatic rings. The monoisotopic (exact) mass is 434 g/mol. The van der Waals surface area contributed by atoms with Gasteiger partial charge >= 0.3 is 6.18 Å². The van der Waals surface area contributed by atoms with E-state index in [0.29, 0.717) is 10.7 Å². The predicted molar refractivity (Wildman–Crippen MR) is 110 cm³/mol. The van der Waals surface area contributed by atoms with Crippen molar-refractivity contribution in [2.24, 2.45) is 7.05 Å². The molecule has 1 aromatic heterocycles. The van der Waals surface area contributed by atoms with Crippen LogP contribution in [0.15, 0.2) is 59.8 Å². The van der Waals surface area contributed by atoms with Gasteiger partial charge in [-0.2, -0.15) is 13.2 Å². The summed E-state index contributed by atoms with van der Waals surface area (Å²) in [6.07, 6.45) is -4.49. The molecule has 9 heteroatoms. The van der Waals surface area contributed by atoms with Gasteiger partial charge < -0.3 is 9.88 Å². The van der Waals surface area contributed by atoms with Crippen molar-refractivity contribution >= 4 is 23.4 Å². The zero-order valence-corrected chi connectivity index (χ0v) is 17.5. The number of hydrogen-bond donors (Lipinski definition) is 1. The van der Waals surface area contributed by atoms with Gasteiger partial charge in [0.05, 0.1) is 5.56 Å². The quantitative estimate of drug-likeness (QED) is 0.526. The van der Waals surface area contributed by atoms with E-state index >= 15 is 0 Å². The summed E-state index contributed by atoms with van der Waals surface area (Å²) in [6, 6.07) is 13.6. The van der Waals surface area contributed by atoms with Crippen molar-refractivity contribution in [3.63, 3.8) is 0 Å². The lowest BCUT2D eigenvalue weighted by molar-refractivity contribution is -0.137. The zero-order valence-electron chi connectivity index (χ0n) is 16.6. The van der Waals surface area contributed by atoms with E-state index in [2.05, 4.69) is 15.5 Å². The number of anilines is 1. The molecule has 0 fully saturated rings. The third kappa shape index (κ3) is 5.02. The maximum atomic E-state index is 13.1. The average Bonchev–Trinajstić information content (AvgIpc) is 3.06. The van der Waals surface area contributed by atoms with E-state index in [9.17, 15) is 18.0 Å². The summed E-state index contributed by atoms with van der Waals surface area (Å²) >= 11 is 1.20. The average molecular weight is 434 g/mol. The number of alkyl halides is 3. The molecule has 0 bridgehead atoms. The summed E-state index contributed by atoms with van der Waals surface area (Å²) < 4.78 is 40.8. The molecule has 1 heterocycles. The highest BCUT2D eigenvalue weighted by molar-refractivity contribution is 8.00. The summed E-state index contributed by atoms with van der Waals surface area (Å²) in [5.41, 5.74) is -0.0302. The number of benzene rings is 2. The lowest BCUT2D eigenvalue weighted by atomic mass is 10.1. The van der Waals surface area contributed by atoms with Crippen molar-refractivity contribution in [2.45, 2.75) is 36.3 Å². The van der Waals surface area contributed by atoms with Crippen LogP contribution in [0.5, 0.6) is 0 Å². The van der Waals surface area contributed by atoms with Crippen molar-refractivity contribution in [3.05, 3.63) is 71.5 Å². The maximum Gasteiger partial charge on any atom is 0.416 e. The third-order valence-corrected chi connectivity index (χ3v) is 5.69. The Morgan fingerprint density at radius 3 is 2.37 bits per heavy atom. The summed E-state index contributed by atoms with van der Waals surface area (Å²) in [5, 5.41) is 10.8. The minimum absolute atomic E-state index is 0.0807. The molecule has 3 rings (SSSR count). The Kier molecular flexibility index (Phi) is 6.50. The van der Waals surface area contributed by atoms with Gasteiger partial charge in [0.25, 0.3) is 0 Å². The molecular weight excluding hydrogens is 413 g/mol. The molecule has 0 aliphatic carbocycles. The van der Waals surface area contributed by atoms with E-state index in [0.717, 1.165) is 18.0 Å². The lowest BCUT2D eigenvalue weighted by Crippen LogP contribution is -2.20. The van der Waals surface area contributed by atoms with Gasteiger partial charge in [0.2, 0.25) is 5.91 Å². The second-order valence-corrected chi connectivity index (χ2v) is 8.10. The Bertz CT molecular complexity index is 1020. The van der Waals surface area contributed by atoms with Crippen LogP contribution in [-0.4, -0.2) is 20.7 Å². The van der Waals surface area contributed by atoms with Gasteiger partial charge in [-0.1, -0.05) is 62.0 Å². The van der Waals surface area contributed by atoms with E-state index < -0.39 is 22.9 Å². The minimum Gasteiger partial charge on any atom is -0.325 e. The molecule has 0 spiro atoms. The van der Waals surface area contributed by atoms with Gasteiger partial charge in [-0.05, 0) is 23.8 Å². The molecule has 0 saturated carbocycles. The first-order valence-electron chi connectivity index (χ1n) is 9.26. The molecule has 30 heavy (non-hydrogen) atoms. The Balaban J connectivity index is 1.89. The standard InChI is InChI=1S/C21H21F3N4OS/c1-13(2)18-26-27-20(28(18)3)30-17(14-8-5-4-6-9-14)19(29)25-16-11-7-10-15(12-16)21(22,23)24/h4-13,17H,1-3H3,(H,25,29). The van der Waals surface area contributed by atoms with E-state index in [1.807, 2.05) is 31.5 Å². The number of nitrogens with one attached hydrogen (secondary N) is 1. The number of amides is 1.